The maximum Gasteiger partial charge on any atom is 0.341 e. The second kappa shape index (κ2) is 9.44. The molecule has 2 aromatic heterocycles. The number of methoxy groups -OCH3 is 2. The number of nitrogen functional groups attached to an aromatic ring is 2. The molecule has 4 rings (SSSR count). The van der Waals surface area contributed by atoms with Crippen LogP contribution in [0, 0.1) is 11.8 Å². The molecule has 0 aliphatic rings. The lowest BCUT2D eigenvalue weighted by molar-refractivity contribution is 0.0693. The summed E-state index contributed by atoms with van der Waals surface area (Å²) in [5, 5.41) is 19.7. The number of pyridine rings is 1. The Balaban J connectivity index is 1.74. The Morgan fingerprint density at radius 1 is 1.06 bits per heavy atom. The number of fused-ring (bicyclic) bond motifs is 1. The largest absolute Gasteiger partial charge is 0.506 e. The van der Waals surface area contributed by atoms with Crippen molar-refractivity contribution in [1.82, 2.24) is 15.0 Å². The fraction of sp³-hybridized carbons (Fsp3) is 0.120. The second-order valence-corrected chi connectivity index (χ2v) is 7.50. The van der Waals surface area contributed by atoms with Crippen molar-refractivity contribution in [2.45, 2.75) is 6.42 Å². The standard InChI is InChI=1S/C25H21N5O5/c1-34-20-10-14(8-16-11-29-25(27)30-23(16)26)7-15(22(20)35-2)5-3-13-4-6-17-19(9-13)28-12-18(21(17)31)24(32)33/h4,6-7,9-12H,8H2,1-2H3,(H,28,31)(H,32,33)(H4,26,27,29,30). The topological polar surface area (TPSA) is 167 Å². The van der Waals surface area contributed by atoms with Crippen molar-refractivity contribution in [2.75, 3.05) is 25.7 Å². The lowest BCUT2D eigenvalue weighted by Gasteiger charge is -2.13. The van der Waals surface area contributed by atoms with Gasteiger partial charge in [-0.25, -0.2) is 9.78 Å². The molecule has 10 heteroatoms. The number of hydrogen-bond acceptors (Lipinski definition) is 9. The molecule has 0 bridgehead atoms. The van der Waals surface area contributed by atoms with E-state index in [2.05, 4.69) is 26.8 Å². The molecule has 176 valence electrons. The molecule has 0 aliphatic heterocycles. The van der Waals surface area contributed by atoms with Gasteiger partial charge in [-0.3, -0.25) is 4.98 Å². The number of aromatic hydroxyl groups is 1. The summed E-state index contributed by atoms with van der Waals surface area (Å²) < 4.78 is 11.0. The van der Waals surface area contributed by atoms with Crippen molar-refractivity contribution in [2.24, 2.45) is 0 Å². The first-order valence-corrected chi connectivity index (χ1v) is 10.3. The minimum Gasteiger partial charge on any atom is -0.506 e. The Labute approximate surface area is 200 Å². The average molecular weight is 471 g/mol. The fourth-order valence-corrected chi connectivity index (χ4v) is 3.56. The summed E-state index contributed by atoms with van der Waals surface area (Å²) in [6, 6.07) is 8.58. The van der Waals surface area contributed by atoms with Crippen LogP contribution in [0.25, 0.3) is 10.9 Å². The SMILES string of the molecule is COc1cc(Cc2cnc(N)nc2N)cc(C#Cc2ccc3c(O)c(C(=O)O)cnc3c2)c1OC. The summed E-state index contributed by atoms with van der Waals surface area (Å²) in [5.41, 5.74) is 14.4. The van der Waals surface area contributed by atoms with Crippen LogP contribution in [-0.4, -0.2) is 45.4 Å². The van der Waals surface area contributed by atoms with Crippen LogP contribution in [0.1, 0.15) is 32.6 Å². The van der Waals surface area contributed by atoms with Crippen LogP contribution in [0.3, 0.4) is 0 Å². The molecule has 6 N–H and O–H groups in total. The predicted octanol–water partition coefficient (Wildman–Crippen LogP) is 2.60. The number of anilines is 2. The summed E-state index contributed by atoms with van der Waals surface area (Å²) in [6.07, 6.45) is 3.11. The molecule has 0 radical (unpaired) electrons. The Kier molecular flexibility index (Phi) is 6.24. The van der Waals surface area contributed by atoms with E-state index in [0.717, 1.165) is 11.8 Å². The molecule has 10 nitrogen and oxygen atoms in total. The van der Waals surface area contributed by atoms with Gasteiger partial charge >= 0.3 is 5.97 Å². The molecule has 2 heterocycles. The fourth-order valence-electron chi connectivity index (χ4n) is 3.56. The monoisotopic (exact) mass is 471 g/mol. The molecule has 2 aromatic carbocycles. The van der Waals surface area contributed by atoms with E-state index in [1.165, 1.54) is 14.2 Å². The number of rotatable bonds is 5. The molecule has 4 aromatic rings. The van der Waals surface area contributed by atoms with E-state index in [9.17, 15) is 9.90 Å². The number of ether oxygens (including phenoxy) is 2. The maximum absolute atomic E-state index is 11.2. The summed E-state index contributed by atoms with van der Waals surface area (Å²) in [5.74, 6) is 5.90. The molecule has 0 unspecified atom stereocenters. The number of nitrogens with zero attached hydrogens (tertiary/aromatic N) is 3. The van der Waals surface area contributed by atoms with E-state index in [0.29, 0.717) is 45.5 Å². The summed E-state index contributed by atoms with van der Waals surface area (Å²) in [7, 11) is 3.06. The van der Waals surface area contributed by atoms with Gasteiger partial charge in [0, 0.05) is 35.3 Å². The van der Waals surface area contributed by atoms with Gasteiger partial charge in [0.15, 0.2) is 11.5 Å². The second-order valence-electron chi connectivity index (χ2n) is 7.50. The average Bonchev–Trinajstić information content (AvgIpc) is 2.84. The number of benzene rings is 2. The van der Waals surface area contributed by atoms with Crippen LogP contribution >= 0.6 is 0 Å². The maximum atomic E-state index is 11.2. The first-order valence-electron chi connectivity index (χ1n) is 10.3. The third-order valence-electron chi connectivity index (χ3n) is 5.26. The van der Waals surface area contributed by atoms with Crippen molar-refractivity contribution in [3.63, 3.8) is 0 Å². The van der Waals surface area contributed by atoms with Crippen LogP contribution in [0.4, 0.5) is 11.8 Å². The molecule has 0 amide bonds. The normalized spacial score (nSPS) is 10.5. The quantitative estimate of drug-likeness (QED) is 0.318. The van der Waals surface area contributed by atoms with Gasteiger partial charge in [-0.1, -0.05) is 11.8 Å². The van der Waals surface area contributed by atoms with Crippen LogP contribution in [0.15, 0.2) is 42.7 Å². The molecule has 0 atom stereocenters. The van der Waals surface area contributed by atoms with Gasteiger partial charge in [0.25, 0.3) is 0 Å². The summed E-state index contributed by atoms with van der Waals surface area (Å²) >= 11 is 0. The smallest absolute Gasteiger partial charge is 0.341 e. The van der Waals surface area contributed by atoms with Crippen molar-refractivity contribution in [3.8, 4) is 29.1 Å². The van der Waals surface area contributed by atoms with Gasteiger partial charge in [-0.15, -0.1) is 0 Å². The lowest BCUT2D eigenvalue weighted by atomic mass is 10.0. The van der Waals surface area contributed by atoms with Crippen molar-refractivity contribution in [1.29, 1.82) is 0 Å². The number of carboxylic acid groups (broad SMARTS) is 1. The number of aromatic nitrogens is 3. The first kappa shape index (κ1) is 23.1. The van der Waals surface area contributed by atoms with Gasteiger partial charge in [0.1, 0.15) is 17.1 Å². The van der Waals surface area contributed by atoms with Crippen molar-refractivity contribution in [3.05, 3.63) is 70.5 Å². The van der Waals surface area contributed by atoms with Gasteiger partial charge < -0.3 is 31.2 Å². The minimum absolute atomic E-state index is 0.0995. The molecular weight excluding hydrogens is 450 g/mol. The molecule has 35 heavy (non-hydrogen) atoms. The third kappa shape index (κ3) is 4.69. The Morgan fingerprint density at radius 2 is 1.86 bits per heavy atom. The van der Waals surface area contributed by atoms with Gasteiger partial charge in [-0.05, 0) is 35.9 Å². The van der Waals surface area contributed by atoms with E-state index in [4.69, 9.17) is 26.0 Å². The zero-order valence-electron chi connectivity index (χ0n) is 18.9. The zero-order valence-corrected chi connectivity index (χ0v) is 18.9. The van der Waals surface area contributed by atoms with Crippen LogP contribution < -0.4 is 20.9 Å². The number of hydrogen-bond donors (Lipinski definition) is 4. The van der Waals surface area contributed by atoms with Gasteiger partial charge in [-0.2, -0.15) is 4.98 Å². The van der Waals surface area contributed by atoms with Crippen molar-refractivity contribution < 1.29 is 24.5 Å². The Bertz CT molecular complexity index is 1520. The number of carbonyl (C=O) groups is 1. The first-order chi connectivity index (χ1) is 16.8. The molecular formula is C25H21N5O5. The highest BCUT2D eigenvalue weighted by Gasteiger charge is 2.15. The summed E-state index contributed by atoms with van der Waals surface area (Å²) in [4.78, 5) is 23.3. The van der Waals surface area contributed by atoms with E-state index < -0.39 is 5.97 Å². The predicted molar refractivity (Wildman–Crippen MR) is 130 cm³/mol. The van der Waals surface area contributed by atoms with E-state index in [1.54, 1.807) is 24.4 Å². The molecule has 0 fully saturated rings. The van der Waals surface area contributed by atoms with Crippen LogP contribution in [-0.2, 0) is 6.42 Å². The number of aromatic carboxylic acids is 1. The number of carboxylic acids is 1. The van der Waals surface area contributed by atoms with E-state index >= 15 is 0 Å². The van der Waals surface area contributed by atoms with E-state index in [-0.39, 0.29) is 23.1 Å². The highest BCUT2D eigenvalue weighted by Crippen LogP contribution is 2.33. The van der Waals surface area contributed by atoms with Gasteiger partial charge in [0.05, 0.1) is 25.3 Å². The number of nitrogens with two attached hydrogens (primary N) is 2. The van der Waals surface area contributed by atoms with Crippen LogP contribution in [0.2, 0.25) is 0 Å². The Morgan fingerprint density at radius 3 is 2.54 bits per heavy atom. The Hall–Kier alpha value is -5.04. The highest BCUT2D eigenvalue weighted by molar-refractivity contribution is 5.98. The van der Waals surface area contributed by atoms with Crippen LogP contribution in [0.5, 0.6) is 17.2 Å². The highest BCUT2D eigenvalue weighted by atomic mass is 16.5. The molecule has 0 saturated heterocycles. The molecule has 0 saturated carbocycles. The zero-order chi connectivity index (χ0) is 25.1. The summed E-state index contributed by atoms with van der Waals surface area (Å²) in [6.45, 7) is 0. The lowest BCUT2D eigenvalue weighted by Crippen LogP contribution is -2.04. The minimum atomic E-state index is -1.26. The van der Waals surface area contributed by atoms with E-state index in [1.807, 2.05) is 12.1 Å². The van der Waals surface area contributed by atoms with Gasteiger partial charge in [0.2, 0.25) is 5.95 Å². The molecule has 0 spiro atoms. The molecule has 0 aliphatic carbocycles. The van der Waals surface area contributed by atoms with Crippen molar-refractivity contribution >= 4 is 28.6 Å². The third-order valence-corrected chi connectivity index (χ3v) is 5.26.